The number of aromatic hydroxyl groups is 1. The van der Waals surface area contributed by atoms with Gasteiger partial charge in [0.15, 0.2) is 0 Å². The number of nitrogens with zero attached hydrogens (tertiary/aromatic N) is 1. The standard InChI is InChI=1S/C21H33N3O3/c1-20(2,3)27-19(26)23-10-9-22-18-17-12-14-6-7-15(25)13-16(14)21(18,4)8-11-24(17)5/h6-7,13,17-18,22,25H,8-12H2,1-5H3,(H,23,26)/t17-,18-,21-/m1/s1. The lowest BCUT2D eigenvalue weighted by Gasteiger charge is -2.55. The molecule has 1 amide bonds. The third-order valence-corrected chi connectivity index (χ3v) is 5.92. The van der Waals surface area contributed by atoms with E-state index in [-0.39, 0.29) is 17.6 Å². The van der Waals surface area contributed by atoms with E-state index in [4.69, 9.17) is 4.74 Å². The number of phenols is 1. The first-order valence-corrected chi connectivity index (χ1v) is 9.83. The molecule has 3 atom stereocenters. The van der Waals surface area contributed by atoms with Gasteiger partial charge in [-0.05, 0) is 70.5 Å². The van der Waals surface area contributed by atoms with Crippen LogP contribution in [-0.2, 0) is 16.6 Å². The lowest BCUT2D eigenvalue weighted by molar-refractivity contribution is 0.0515. The number of piperidine rings is 1. The summed E-state index contributed by atoms with van der Waals surface area (Å²) in [7, 11) is 2.18. The second-order valence-electron chi connectivity index (χ2n) is 9.12. The van der Waals surface area contributed by atoms with Crippen LogP contribution in [0.2, 0.25) is 0 Å². The average molecular weight is 376 g/mol. The van der Waals surface area contributed by atoms with Crippen molar-refractivity contribution in [3.8, 4) is 5.75 Å². The molecule has 2 bridgehead atoms. The number of likely N-dealkylation sites (tertiary alicyclic amines) is 1. The van der Waals surface area contributed by atoms with Crippen molar-refractivity contribution in [2.24, 2.45) is 0 Å². The number of hydrogen-bond donors (Lipinski definition) is 3. The second-order valence-corrected chi connectivity index (χ2v) is 9.12. The van der Waals surface area contributed by atoms with Crippen molar-refractivity contribution in [3.05, 3.63) is 29.3 Å². The van der Waals surface area contributed by atoms with Crippen LogP contribution in [0.5, 0.6) is 5.75 Å². The number of amides is 1. The summed E-state index contributed by atoms with van der Waals surface area (Å²) in [6.07, 6.45) is 1.62. The molecule has 1 aliphatic carbocycles. The van der Waals surface area contributed by atoms with Crippen LogP contribution in [0.4, 0.5) is 4.79 Å². The summed E-state index contributed by atoms with van der Waals surface area (Å²) in [5.74, 6) is 0.331. The average Bonchev–Trinajstić information content (AvgIpc) is 2.56. The zero-order valence-electron chi connectivity index (χ0n) is 17.1. The molecule has 1 aromatic carbocycles. The van der Waals surface area contributed by atoms with Crippen LogP contribution in [0, 0.1) is 0 Å². The Balaban J connectivity index is 1.67. The van der Waals surface area contributed by atoms with Gasteiger partial charge in [-0.1, -0.05) is 13.0 Å². The molecule has 1 fully saturated rings. The third kappa shape index (κ3) is 4.22. The molecule has 1 saturated heterocycles. The topological polar surface area (TPSA) is 73.8 Å². The minimum atomic E-state index is -0.486. The van der Waals surface area contributed by atoms with Gasteiger partial charge < -0.3 is 25.4 Å². The van der Waals surface area contributed by atoms with Crippen molar-refractivity contribution < 1.29 is 14.6 Å². The maximum Gasteiger partial charge on any atom is 0.407 e. The number of hydrogen-bond acceptors (Lipinski definition) is 5. The van der Waals surface area contributed by atoms with Gasteiger partial charge in [0.25, 0.3) is 0 Å². The number of ether oxygens (including phenoxy) is 1. The molecule has 1 aliphatic heterocycles. The molecule has 1 aromatic rings. The Morgan fingerprint density at radius 1 is 1.37 bits per heavy atom. The summed E-state index contributed by atoms with van der Waals surface area (Å²) in [4.78, 5) is 14.3. The van der Waals surface area contributed by atoms with Crippen molar-refractivity contribution in [2.75, 3.05) is 26.7 Å². The second kappa shape index (κ2) is 7.32. The van der Waals surface area contributed by atoms with Gasteiger partial charge in [-0.2, -0.15) is 0 Å². The largest absolute Gasteiger partial charge is 0.508 e. The number of carbonyl (C=O) groups excluding carboxylic acids is 1. The zero-order chi connectivity index (χ0) is 19.8. The molecular formula is C21H33N3O3. The number of benzene rings is 1. The number of fused-ring (bicyclic) bond motifs is 4. The number of carbonyl (C=O) groups is 1. The van der Waals surface area contributed by atoms with Crippen molar-refractivity contribution in [1.29, 1.82) is 0 Å². The van der Waals surface area contributed by atoms with Crippen LogP contribution in [0.15, 0.2) is 18.2 Å². The summed E-state index contributed by atoms with van der Waals surface area (Å²) in [5, 5.41) is 16.5. The Bertz CT molecular complexity index is 700. The van der Waals surface area contributed by atoms with E-state index in [2.05, 4.69) is 35.6 Å². The first-order chi connectivity index (χ1) is 12.6. The summed E-state index contributed by atoms with van der Waals surface area (Å²) in [5.41, 5.74) is 2.07. The van der Waals surface area contributed by atoms with Gasteiger partial charge in [0.2, 0.25) is 0 Å². The van der Waals surface area contributed by atoms with E-state index in [1.54, 1.807) is 6.07 Å². The van der Waals surface area contributed by atoms with Crippen molar-refractivity contribution in [1.82, 2.24) is 15.5 Å². The number of nitrogens with one attached hydrogen (secondary N) is 2. The number of alkyl carbamates (subject to hydrolysis) is 1. The quantitative estimate of drug-likeness (QED) is 0.705. The molecule has 150 valence electrons. The highest BCUT2D eigenvalue weighted by Gasteiger charge is 2.49. The summed E-state index contributed by atoms with van der Waals surface area (Å²) >= 11 is 0. The van der Waals surface area contributed by atoms with Crippen LogP contribution in [0.3, 0.4) is 0 Å². The smallest absolute Gasteiger partial charge is 0.407 e. The molecule has 0 saturated carbocycles. The molecule has 0 aromatic heterocycles. The van der Waals surface area contributed by atoms with Crippen molar-refractivity contribution in [3.63, 3.8) is 0 Å². The molecule has 0 radical (unpaired) electrons. The van der Waals surface area contributed by atoms with E-state index < -0.39 is 5.60 Å². The Morgan fingerprint density at radius 3 is 2.81 bits per heavy atom. The van der Waals surface area contributed by atoms with E-state index in [1.165, 1.54) is 11.1 Å². The molecule has 1 heterocycles. The Morgan fingerprint density at radius 2 is 2.11 bits per heavy atom. The van der Waals surface area contributed by atoms with Crippen LogP contribution in [-0.4, -0.2) is 60.5 Å². The molecule has 6 nitrogen and oxygen atoms in total. The highest BCUT2D eigenvalue weighted by molar-refractivity contribution is 5.67. The number of rotatable bonds is 4. The molecule has 2 aliphatic rings. The first kappa shape index (κ1) is 20.0. The fourth-order valence-electron chi connectivity index (χ4n) is 4.55. The molecule has 27 heavy (non-hydrogen) atoms. The third-order valence-electron chi connectivity index (χ3n) is 5.92. The van der Waals surface area contributed by atoms with E-state index in [9.17, 15) is 9.90 Å². The molecule has 3 N–H and O–H groups in total. The molecule has 3 rings (SSSR count). The fourth-order valence-corrected chi connectivity index (χ4v) is 4.55. The Labute approximate surface area is 162 Å². The van der Waals surface area contributed by atoms with Gasteiger partial charge >= 0.3 is 6.09 Å². The summed E-state index contributed by atoms with van der Waals surface area (Å²) < 4.78 is 5.29. The lowest BCUT2D eigenvalue weighted by atomic mass is 9.61. The number of likely N-dealkylation sites (N-methyl/N-ethyl adjacent to an activating group) is 1. The highest BCUT2D eigenvalue weighted by Crippen LogP contribution is 2.45. The predicted molar refractivity (Wildman–Crippen MR) is 106 cm³/mol. The van der Waals surface area contributed by atoms with Gasteiger partial charge in [0.05, 0.1) is 0 Å². The van der Waals surface area contributed by atoms with E-state index in [0.717, 1.165) is 19.4 Å². The van der Waals surface area contributed by atoms with Gasteiger partial charge in [-0.3, -0.25) is 0 Å². The van der Waals surface area contributed by atoms with Crippen molar-refractivity contribution in [2.45, 2.75) is 63.6 Å². The first-order valence-electron chi connectivity index (χ1n) is 9.83. The van der Waals surface area contributed by atoms with Crippen molar-refractivity contribution >= 4 is 6.09 Å². The van der Waals surface area contributed by atoms with E-state index >= 15 is 0 Å². The molecular weight excluding hydrogens is 342 g/mol. The summed E-state index contributed by atoms with van der Waals surface area (Å²) in [6, 6.07) is 6.46. The van der Waals surface area contributed by atoms with Gasteiger partial charge in [-0.15, -0.1) is 0 Å². The van der Waals surface area contributed by atoms with Crippen LogP contribution in [0.25, 0.3) is 0 Å². The molecule has 0 unspecified atom stereocenters. The highest BCUT2D eigenvalue weighted by atomic mass is 16.6. The maximum absolute atomic E-state index is 11.8. The zero-order valence-corrected chi connectivity index (χ0v) is 17.1. The Hall–Kier alpha value is -1.79. The Kier molecular flexibility index (Phi) is 5.41. The monoisotopic (exact) mass is 375 g/mol. The molecule has 6 heteroatoms. The maximum atomic E-state index is 11.8. The predicted octanol–water partition coefficient (Wildman–Crippen LogP) is 2.39. The SMILES string of the molecule is CN1CC[C@]2(C)c3cc(O)ccc3C[C@@H]1[C@H]2NCCNC(=O)OC(C)(C)C. The van der Waals surface area contributed by atoms with Crippen LogP contribution in [0.1, 0.15) is 45.2 Å². The lowest BCUT2D eigenvalue weighted by Crippen LogP contribution is -2.66. The minimum absolute atomic E-state index is 0.0323. The van der Waals surface area contributed by atoms with Gasteiger partial charge in [0, 0.05) is 30.6 Å². The minimum Gasteiger partial charge on any atom is -0.508 e. The van der Waals surface area contributed by atoms with Gasteiger partial charge in [0.1, 0.15) is 11.4 Å². The van der Waals surface area contributed by atoms with Gasteiger partial charge in [-0.25, -0.2) is 4.79 Å². The number of phenolic OH excluding ortho intramolecular Hbond substituents is 1. The molecule has 0 spiro atoms. The normalized spacial score (nSPS) is 27.7. The fraction of sp³-hybridized carbons (Fsp3) is 0.667. The van der Waals surface area contributed by atoms with E-state index in [0.29, 0.717) is 24.9 Å². The summed E-state index contributed by atoms with van der Waals surface area (Å²) in [6.45, 7) is 10.1. The van der Waals surface area contributed by atoms with Crippen LogP contribution < -0.4 is 10.6 Å². The van der Waals surface area contributed by atoms with Crippen LogP contribution >= 0.6 is 0 Å². The van der Waals surface area contributed by atoms with E-state index in [1.807, 2.05) is 26.8 Å².